The first-order valence-corrected chi connectivity index (χ1v) is 7.56. The number of halogens is 1. The minimum absolute atomic E-state index is 0.615. The van der Waals surface area contributed by atoms with Gasteiger partial charge < -0.3 is 15.0 Å². The average molecular weight is 382 g/mol. The molecule has 0 atom stereocenters. The lowest BCUT2D eigenvalue weighted by atomic mass is 10.2. The van der Waals surface area contributed by atoms with Crippen LogP contribution in [0.15, 0.2) is 36.7 Å². The molecule has 1 aliphatic heterocycles. The fraction of sp³-hybridized carbons (Fsp3) is 0.286. The number of benzene rings is 1. The van der Waals surface area contributed by atoms with Gasteiger partial charge in [0.05, 0.1) is 13.2 Å². The van der Waals surface area contributed by atoms with Gasteiger partial charge >= 0.3 is 0 Å². The summed E-state index contributed by atoms with van der Waals surface area (Å²) in [4.78, 5) is 10.8. The third kappa shape index (κ3) is 3.37. The summed E-state index contributed by atoms with van der Waals surface area (Å²) in [6.07, 6.45) is 3.58. The van der Waals surface area contributed by atoms with Crippen molar-refractivity contribution in [3.8, 4) is 0 Å². The first-order valence-electron chi connectivity index (χ1n) is 6.48. The van der Waals surface area contributed by atoms with E-state index < -0.39 is 0 Å². The largest absolute Gasteiger partial charge is 0.378 e. The first-order chi connectivity index (χ1) is 9.81. The maximum atomic E-state index is 5.36. The van der Waals surface area contributed by atoms with E-state index in [1.165, 1.54) is 5.69 Å². The summed E-state index contributed by atoms with van der Waals surface area (Å²) >= 11 is 2.19. The van der Waals surface area contributed by atoms with E-state index in [-0.39, 0.29) is 0 Å². The SMILES string of the molecule is Ic1cnc(Nc2ccc(N3CCOCC3)cc2)nc1. The highest BCUT2D eigenvalue weighted by Gasteiger charge is 2.10. The number of rotatable bonds is 3. The molecule has 2 heterocycles. The summed E-state index contributed by atoms with van der Waals surface area (Å²) in [6.45, 7) is 3.51. The molecule has 0 amide bonds. The predicted molar refractivity (Wildman–Crippen MR) is 87.5 cm³/mol. The van der Waals surface area contributed by atoms with Crippen LogP contribution >= 0.6 is 22.6 Å². The van der Waals surface area contributed by atoms with Gasteiger partial charge in [-0.25, -0.2) is 9.97 Å². The van der Waals surface area contributed by atoms with E-state index in [1.807, 2.05) is 12.1 Å². The Balaban J connectivity index is 1.67. The van der Waals surface area contributed by atoms with Gasteiger partial charge in [-0.15, -0.1) is 0 Å². The first kappa shape index (κ1) is 13.6. The van der Waals surface area contributed by atoms with Gasteiger partial charge in [0.1, 0.15) is 0 Å². The van der Waals surface area contributed by atoms with Gasteiger partial charge in [0.25, 0.3) is 0 Å². The lowest BCUT2D eigenvalue weighted by molar-refractivity contribution is 0.122. The molecule has 1 fully saturated rings. The lowest BCUT2D eigenvalue weighted by Gasteiger charge is -2.28. The molecule has 1 aromatic carbocycles. The zero-order chi connectivity index (χ0) is 13.8. The van der Waals surface area contributed by atoms with Crippen LogP contribution in [0, 0.1) is 3.57 Å². The van der Waals surface area contributed by atoms with Crippen LogP contribution in [-0.4, -0.2) is 36.3 Å². The Bertz CT molecular complexity index is 552. The molecule has 1 aromatic heterocycles. The second kappa shape index (κ2) is 6.36. The van der Waals surface area contributed by atoms with Crippen molar-refractivity contribution in [3.05, 3.63) is 40.2 Å². The Morgan fingerprint density at radius 2 is 1.70 bits per heavy atom. The molecule has 0 aliphatic carbocycles. The van der Waals surface area contributed by atoms with Crippen molar-refractivity contribution in [2.75, 3.05) is 36.5 Å². The Morgan fingerprint density at radius 1 is 1.05 bits per heavy atom. The van der Waals surface area contributed by atoms with Crippen LogP contribution in [0.4, 0.5) is 17.3 Å². The van der Waals surface area contributed by atoms with Gasteiger partial charge in [0.2, 0.25) is 5.95 Å². The van der Waals surface area contributed by atoms with Crippen molar-refractivity contribution in [1.29, 1.82) is 0 Å². The maximum absolute atomic E-state index is 5.36. The smallest absolute Gasteiger partial charge is 0.227 e. The molecule has 104 valence electrons. The zero-order valence-corrected chi connectivity index (χ0v) is 13.1. The number of nitrogens with one attached hydrogen (secondary N) is 1. The molecule has 2 aromatic rings. The lowest BCUT2D eigenvalue weighted by Crippen LogP contribution is -2.36. The molecule has 0 unspecified atom stereocenters. The quantitative estimate of drug-likeness (QED) is 0.828. The van der Waals surface area contributed by atoms with Crippen LogP contribution in [-0.2, 0) is 4.74 Å². The molecular weight excluding hydrogens is 367 g/mol. The number of nitrogens with zero attached hydrogens (tertiary/aromatic N) is 3. The van der Waals surface area contributed by atoms with Gasteiger partial charge in [0.15, 0.2) is 0 Å². The number of morpholine rings is 1. The molecule has 0 saturated carbocycles. The van der Waals surface area contributed by atoms with Gasteiger partial charge in [-0.3, -0.25) is 0 Å². The van der Waals surface area contributed by atoms with Crippen molar-refractivity contribution >= 4 is 39.9 Å². The second-order valence-electron chi connectivity index (χ2n) is 4.50. The van der Waals surface area contributed by atoms with Gasteiger partial charge in [0, 0.05) is 40.4 Å². The Hall–Kier alpha value is -1.41. The second-order valence-corrected chi connectivity index (χ2v) is 5.74. The maximum Gasteiger partial charge on any atom is 0.227 e. The Morgan fingerprint density at radius 3 is 2.35 bits per heavy atom. The van der Waals surface area contributed by atoms with Crippen molar-refractivity contribution in [2.24, 2.45) is 0 Å². The van der Waals surface area contributed by atoms with E-state index in [0.29, 0.717) is 5.95 Å². The molecule has 5 nitrogen and oxygen atoms in total. The molecule has 3 rings (SSSR count). The van der Waals surface area contributed by atoms with Crippen LogP contribution in [0.1, 0.15) is 0 Å². The highest BCUT2D eigenvalue weighted by molar-refractivity contribution is 14.1. The summed E-state index contributed by atoms with van der Waals surface area (Å²) < 4.78 is 6.39. The van der Waals surface area contributed by atoms with E-state index in [1.54, 1.807) is 12.4 Å². The average Bonchev–Trinajstić information content (AvgIpc) is 2.51. The highest BCUT2D eigenvalue weighted by atomic mass is 127. The Labute approximate surface area is 131 Å². The highest BCUT2D eigenvalue weighted by Crippen LogP contribution is 2.20. The minimum Gasteiger partial charge on any atom is -0.378 e. The van der Waals surface area contributed by atoms with E-state index in [9.17, 15) is 0 Å². The minimum atomic E-state index is 0.615. The van der Waals surface area contributed by atoms with Crippen molar-refractivity contribution in [1.82, 2.24) is 9.97 Å². The molecule has 20 heavy (non-hydrogen) atoms. The van der Waals surface area contributed by atoms with E-state index in [2.05, 4.69) is 54.9 Å². The molecule has 0 radical (unpaired) electrons. The van der Waals surface area contributed by atoms with Crippen LogP contribution in [0.2, 0.25) is 0 Å². The number of aromatic nitrogens is 2. The van der Waals surface area contributed by atoms with Gasteiger partial charge in [-0.2, -0.15) is 0 Å². The topological polar surface area (TPSA) is 50.3 Å². The summed E-state index contributed by atoms with van der Waals surface area (Å²) in [5.74, 6) is 0.615. The van der Waals surface area contributed by atoms with Crippen LogP contribution in [0.3, 0.4) is 0 Å². The number of anilines is 3. The normalized spacial score (nSPS) is 15.2. The van der Waals surface area contributed by atoms with E-state index in [4.69, 9.17) is 4.74 Å². The van der Waals surface area contributed by atoms with E-state index in [0.717, 1.165) is 35.6 Å². The fourth-order valence-electron chi connectivity index (χ4n) is 2.08. The molecular formula is C14H15IN4O. The molecule has 0 spiro atoms. The van der Waals surface area contributed by atoms with Crippen LogP contribution in [0.25, 0.3) is 0 Å². The summed E-state index contributed by atoms with van der Waals surface area (Å²) in [5.41, 5.74) is 2.21. The third-order valence-corrected chi connectivity index (χ3v) is 3.68. The molecule has 0 bridgehead atoms. The fourth-order valence-corrected chi connectivity index (χ4v) is 2.36. The summed E-state index contributed by atoms with van der Waals surface area (Å²) in [6, 6.07) is 8.32. The summed E-state index contributed by atoms with van der Waals surface area (Å²) in [5, 5.41) is 3.19. The standard InChI is InChI=1S/C14H15IN4O/c15-11-9-16-14(17-10-11)18-12-1-3-13(4-2-12)19-5-7-20-8-6-19/h1-4,9-10H,5-8H2,(H,16,17,18). The monoisotopic (exact) mass is 382 g/mol. The third-order valence-electron chi connectivity index (χ3n) is 3.12. The van der Waals surface area contributed by atoms with Gasteiger partial charge in [-0.05, 0) is 46.9 Å². The van der Waals surface area contributed by atoms with Crippen LogP contribution < -0.4 is 10.2 Å². The molecule has 6 heteroatoms. The number of ether oxygens (including phenoxy) is 1. The van der Waals surface area contributed by atoms with E-state index >= 15 is 0 Å². The van der Waals surface area contributed by atoms with Crippen molar-refractivity contribution in [3.63, 3.8) is 0 Å². The molecule has 1 N–H and O–H groups in total. The molecule has 1 saturated heterocycles. The summed E-state index contributed by atoms with van der Waals surface area (Å²) in [7, 11) is 0. The van der Waals surface area contributed by atoms with Crippen molar-refractivity contribution in [2.45, 2.75) is 0 Å². The Kier molecular flexibility index (Phi) is 4.31. The number of hydrogen-bond donors (Lipinski definition) is 1. The predicted octanol–water partition coefficient (Wildman–Crippen LogP) is 2.66. The van der Waals surface area contributed by atoms with Crippen molar-refractivity contribution < 1.29 is 4.74 Å². The number of hydrogen-bond acceptors (Lipinski definition) is 5. The zero-order valence-electron chi connectivity index (χ0n) is 10.9. The van der Waals surface area contributed by atoms with Crippen LogP contribution in [0.5, 0.6) is 0 Å². The molecule has 1 aliphatic rings. The van der Waals surface area contributed by atoms with Gasteiger partial charge in [-0.1, -0.05) is 0 Å².